The lowest BCUT2D eigenvalue weighted by molar-refractivity contribution is -0.357. The highest BCUT2D eigenvalue weighted by molar-refractivity contribution is 5.87. The van der Waals surface area contributed by atoms with Crippen molar-refractivity contribution in [3.63, 3.8) is 0 Å². The number of rotatable bonds is 2. The van der Waals surface area contributed by atoms with Crippen molar-refractivity contribution in [2.75, 3.05) is 19.7 Å². The predicted octanol–water partition coefficient (Wildman–Crippen LogP) is 1.03. The molecule has 0 radical (unpaired) electrons. The van der Waals surface area contributed by atoms with Gasteiger partial charge in [-0.15, -0.1) is 0 Å². The van der Waals surface area contributed by atoms with Crippen molar-refractivity contribution in [1.29, 1.82) is 0 Å². The summed E-state index contributed by atoms with van der Waals surface area (Å²) in [4.78, 5) is 14.9. The van der Waals surface area contributed by atoms with E-state index in [1.165, 1.54) is 0 Å². The molecule has 4 saturated carbocycles. The van der Waals surface area contributed by atoms with Crippen molar-refractivity contribution in [3.05, 3.63) is 11.6 Å². The maximum absolute atomic E-state index is 12.9. The highest BCUT2D eigenvalue weighted by atomic mass is 16.6. The highest BCUT2D eigenvalue weighted by Crippen LogP contribution is 2.75. The number of aliphatic hydroxyl groups is 6. The molecule has 0 amide bonds. The van der Waals surface area contributed by atoms with Crippen molar-refractivity contribution in [2.24, 2.45) is 29.1 Å². The zero-order valence-electron chi connectivity index (χ0n) is 26.3. The van der Waals surface area contributed by atoms with Crippen molar-refractivity contribution in [3.8, 4) is 0 Å². The third-order valence-corrected chi connectivity index (χ3v) is 14.5. The largest absolute Gasteiger partial charge is 0.456 e. The molecular weight excluding hydrogens is 554 g/mol. The van der Waals surface area contributed by atoms with E-state index in [9.17, 15) is 35.4 Å². The SMILES string of the molecule is C/C=C(/C)C(=O)O[C@H]1CC[C@@]2(C)[C@@H]3CC[C@H]4[C@]5(O)C[C@H](O)[C@@]6(O)[C@@H](CN7C[C@@H](C)CC[C@H]7[C@@]6(C)O)[C@]5(O)C[C@@]42OC[C@]13O. The van der Waals surface area contributed by atoms with Crippen LogP contribution >= 0.6 is 0 Å². The lowest BCUT2D eigenvalue weighted by atomic mass is 9.44. The standard InChI is InChI=1S/C33H51NO9/c1-6-19(3)26(36)43-25-11-12-27(4)20-8-9-21-30(39)13-24(35)33(41)22(15-34-14-18(2)7-10-23(34)28(33,5)37)31(30,40)16-32(21,27)42-17-29(20,25)38/h6,18,20-25,35,37-41H,7-17H2,1-5H3/b19-6-/t18-,20-,21-,22-,23-,24-,25-,27-,28+,29+,30+,31+,32+,33-/m0/s1. The van der Waals surface area contributed by atoms with Gasteiger partial charge in [0.15, 0.2) is 0 Å². The van der Waals surface area contributed by atoms with E-state index in [4.69, 9.17) is 9.47 Å². The first-order valence-corrected chi connectivity index (χ1v) is 16.5. The molecule has 3 heterocycles. The Balaban J connectivity index is 1.29. The van der Waals surface area contributed by atoms with Crippen molar-refractivity contribution >= 4 is 5.97 Å². The Labute approximate surface area is 254 Å². The van der Waals surface area contributed by atoms with Crippen LogP contribution in [-0.2, 0) is 14.3 Å². The minimum absolute atomic E-state index is 0.0240. The van der Waals surface area contributed by atoms with Gasteiger partial charge in [0, 0.05) is 60.7 Å². The van der Waals surface area contributed by atoms with Crippen LogP contribution < -0.4 is 0 Å². The van der Waals surface area contributed by atoms with E-state index in [1.807, 2.05) is 0 Å². The lowest BCUT2D eigenvalue weighted by Crippen LogP contribution is -2.85. The first kappa shape index (κ1) is 30.5. The van der Waals surface area contributed by atoms with E-state index in [2.05, 4.69) is 18.7 Å². The molecule has 10 heteroatoms. The van der Waals surface area contributed by atoms with Gasteiger partial charge in [0.05, 0.1) is 18.3 Å². The zero-order valence-corrected chi connectivity index (χ0v) is 26.3. The molecule has 7 fully saturated rings. The van der Waals surface area contributed by atoms with Crippen LogP contribution in [0.4, 0.5) is 0 Å². The molecule has 7 rings (SSSR count). The Morgan fingerprint density at radius 2 is 1.65 bits per heavy atom. The van der Waals surface area contributed by atoms with Crippen LogP contribution in [0.3, 0.4) is 0 Å². The summed E-state index contributed by atoms with van der Waals surface area (Å²) in [6, 6.07) is -0.372. The Kier molecular flexibility index (Phi) is 6.41. The zero-order chi connectivity index (χ0) is 31.2. The molecule has 10 nitrogen and oxygen atoms in total. The van der Waals surface area contributed by atoms with Crippen LogP contribution in [0.15, 0.2) is 11.6 Å². The number of hydrogen-bond acceptors (Lipinski definition) is 10. The van der Waals surface area contributed by atoms with Gasteiger partial charge in [-0.1, -0.05) is 19.9 Å². The molecule has 4 aliphatic carbocycles. The molecule has 7 aliphatic rings. The first-order chi connectivity index (χ1) is 20.0. The molecule has 14 atom stereocenters. The van der Waals surface area contributed by atoms with Crippen LogP contribution in [0.5, 0.6) is 0 Å². The number of fused-ring (bicyclic) bond motifs is 5. The fourth-order valence-corrected chi connectivity index (χ4v) is 12.1. The van der Waals surface area contributed by atoms with E-state index < -0.39 is 69.0 Å². The average molecular weight is 606 g/mol. The molecule has 0 unspecified atom stereocenters. The van der Waals surface area contributed by atoms with Gasteiger partial charge < -0.3 is 40.1 Å². The minimum atomic E-state index is -2.04. The third-order valence-electron chi connectivity index (χ3n) is 14.5. The normalized spacial score (nSPS) is 59.4. The van der Waals surface area contributed by atoms with Crippen molar-refractivity contribution < 1.29 is 44.9 Å². The predicted molar refractivity (Wildman–Crippen MR) is 154 cm³/mol. The molecule has 0 aromatic heterocycles. The summed E-state index contributed by atoms with van der Waals surface area (Å²) < 4.78 is 12.6. The number of ether oxygens (including phenoxy) is 2. The van der Waals surface area contributed by atoms with E-state index >= 15 is 0 Å². The molecule has 43 heavy (non-hydrogen) atoms. The number of esters is 1. The van der Waals surface area contributed by atoms with Crippen LogP contribution in [0.25, 0.3) is 0 Å². The Morgan fingerprint density at radius 1 is 0.953 bits per heavy atom. The topological polar surface area (TPSA) is 160 Å². The van der Waals surface area contributed by atoms with Crippen LogP contribution in [0, 0.1) is 29.1 Å². The van der Waals surface area contributed by atoms with E-state index in [0.29, 0.717) is 50.1 Å². The summed E-state index contributed by atoms with van der Waals surface area (Å²) in [5, 5.41) is 74.0. The fraction of sp³-hybridized carbons (Fsp3) is 0.909. The molecular formula is C33H51NO9. The van der Waals surface area contributed by atoms with Crippen molar-refractivity contribution in [2.45, 2.75) is 138 Å². The lowest BCUT2D eigenvalue weighted by Gasteiger charge is -2.69. The highest BCUT2D eigenvalue weighted by Gasteiger charge is 2.86. The molecule has 0 aromatic carbocycles. The molecule has 4 bridgehead atoms. The molecule has 3 saturated heterocycles. The monoisotopic (exact) mass is 605 g/mol. The number of allylic oxidation sites excluding steroid dienone is 1. The first-order valence-electron chi connectivity index (χ1n) is 16.5. The molecule has 1 spiro atoms. The van der Waals surface area contributed by atoms with Crippen molar-refractivity contribution in [1.82, 2.24) is 4.90 Å². The number of nitrogens with zero attached hydrogens (tertiary/aromatic N) is 1. The van der Waals surface area contributed by atoms with Crippen LogP contribution in [0.2, 0.25) is 0 Å². The summed E-state index contributed by atoms with van der Waals surface area (Å²) in [5.41, 5.74) is -10.0. The summed E-state index contributed by atoms with van der Waals surface area (Å²) in [5.74, 6) is -1.97. The van der Waals surface area contributed by atoms with Crippen LogP contribution in [0.1, 0.15) is 86.0 Å². The van der Waals surface area contributed by atoms with Gasteiger partial charge in [-0.3, -0.25) is 4.90 Å². The van der Waals surface area contributed by atoms with Gasteiger partial charge in [-0.05, 0) is 65.2 Å². The number of aliphatic hydroxyl groups excluding tert-OH is 1. The average Bonchev–Trinajstić information content (AvgIpc) is 3.13. The summed E-state index contributed by atoms with van der Waals surface area (Å²) in [6.07, 6.45) is 2.75. The van der Waals surface area contributed by atoms with E-state index in [-0.39, 0.29) is 38.0 Å². The Bertz CT molecular complexity index is 1240. The minimum Gasteiger partial charge on any atom is -0.456 e. The quantitative estimate of drug-likeness (QED) is 0.198. The Hall–Kier alpha value is -1.11. The van der Waals surface area contributed by atoms with Gasteiger partial charge in [0.1, 0.15) is 34.1 Å². The van der Waals surface area contributed by atoms with Gasteiger partial charge >= 0.3 is 5.97 Å². The smallest absolute Gasteiger partial charge is 0.333 e. The van der Waals surface area contributed by atoms with E-state index in [0.717, 1.165) is 6.42 Å². The fourth-order valence-electron chi connectivity index (χ4n) is 12.1. The number of carbonyl (C=O) groups is 1. The van der Waals surface area contributed by atoms with Gasteiger partial charge in [-0.2, -0.15) is 0 Å². The molecule has 0 aromatic rings. The van der Waals surface area contributed by atoms with Crippen LogP contribution in [-0.4, -0.2) is 113 Å². The maximum atomic E-state index is 12.9. The molecule has 242 valence electrons. The number of carbonyl (C=O) groups excluding carboxylic acids is 1. The van der Waals surface area contributed by atoms with Gasteiger partial charge in [-0.25, -0.2) is 4.79 Å². The second-order valence-corrected chi connectivity index (χ2v) is 16.1. The molecule has 6 N–H and O–H groups in total. The molecule has 3 aliphatic heterocycles. The third kappa shape index (κ3) is 3.35. The maximum Gasteiger partial charge on any atom is 0.333 e. The van der Waals surface area contributed by atoms with Gasteiger partial charge in [0.2, 0.25) is 0 Å². The number of hydrogen-bond donors (Lipinski definition) is 6. The number of piperidine rings is 2. The van der Waals surface area contributed by atoms with E-state index in [1.54, 1.807) is 26.8 Å². The summed E-state index contributed by atoms with van der Waals surface area (Å²) in [7, 11) is 0. The summed E-state index contributed by atoms with van der Waals surface area (Å²) >= 11 is 0. The second kappa shape index (κ2) is 9.03. The summed E-state index contributed by atoms with van der Waals surface area (Å²) in [6.45, 7) is 10.1. The Morgan fingerprint density at radius 3 is 2.35 bits per heavy atom. The van der Waals surface area contributed by atoms with Gasteiger partial charge in [0.25, 0.3) is 0 Å². The second-order valence-electron chi connectivity index (χ2n) is 16.1.